The number of amides is 1. The monoisotopic (exact) mass is 723 g/mol. The molecular formula is C43H55N4O2S2+. The van der Waals surface area contributed by atoms with Crippen molar-refractivity contribution in [1.29, 1.82) is 0 Å². The lowest BCUT2D eigenvalue weighted by molar-refractivity contribution is -0.697. The molecular weight excluding hydrogens is 669 g/mol. The molecule has 2 N–H and O–H groups in total. The molecule has 270 valence electrons. The minimum atomic E-state index is 0.0888. The van der Waals surface area contributed by atoms with Crippen LogP contribution in [0.4, 0.5) is 0 Å². The number of ether oxygens (including phenoxy) is 1. The summed E-state index contributed by atoms with van der Waals surface area (Å²) in [5.74, 6) is 2.86. The number of pyridine rings is 1. The summed E-state index contributed by atoms with van der Waals surface area (Å²) < 4.78 is 7.73. The molecule has 0 aliphatic rings. The summed E-state index contributed by atoms with van der Waals surface area (Å²) in [6.07, 6.45) is 23.8. The van der Waals surface area contributed by atoms with Crippen molar-refractivity contribution in [3.05, 3.63) is 137 Å². The van der Waals surface area contributed by atoms with Gasteiger partial charge in [-0.05, 0) is 74.1 Å². The molecule has 3 aromatic rings. The maximum absolute atomic E-state index is 12.2. The van der Waals surface area contributed by atoms with Crippen LogP contribution in [0.3, 0.4) is 0 Å². The van der Waals surface area contributed by atoms with E-state index in [1.807, 2.05) is 55.1 Å². The minimum absolute atomic E-state index is 0.0888. The topological polar surface area (TPSA) is 66.6 Å². The second kappa shape index (κ2) is 25.6. The first-order valence-corrected chi connectivity index (χ1v) is 20.3. The van der Waals surface area contributed by atoms with Crippen LogP contribution < -0.4 is 19.9 Å². The van der Waals surface area contributed by atoms with Crippen molar-refractivity contribution >= 4 is 51.9 Å². The average molecular weight is 724 g/mol. The zero-order valence-corrected chi connectivity index (χ0v) is 32.2. The zero-order valence-electron chi connectivity index (χ0n) is 30.6. The van der Waals surface area contributed by atoms with E-state index in [1.54, 1.807) is 10.8 Å². The zero-order chi connectivity index (χ0) is 36.4. The maximum Gasteiger partial charge on any atom is 0.220 e. The van der Waals surface area contributed by atoms with Crippen molar-refractivity contribution in [2.24, 2.45) is 4.99 Å². The van der Waals surface area contributed by atoms with Crippen LogP contribution in [0, 0.1) is 6.92 Å². The number of nitrogens with zero attached hydrogens (tertiary/aromatic N) is 2. The number of aromatic nitrogens is 1. The summed E-state index contributed by atoms with van der Waals surface area (Å²) in [5.41, 5.74) is 6.90. The van der Waals surface area contributed by atoms with E-state index in [9.17, 15) is 4.79 Å². The summed E-state index contributed by atoms with van der Waals surface area (Å²) in [5, 5.41) is 6.47. The van der Waals surface area contributed by atoms with E-state index in [0.29, 0.717) is 26.1 Å². The van der Waals surface area contributed by atoms with E-state index >= 15 is 0 Å². The lowest BCUT2D eigenvalue weighted by Crippen LogP contribution is -2.32. The number of carbonyl (C=O) groups excluding carboxylic acids is 1. The first kappa shape index (κ1) is 41.2. The third kappa shape index (κ3) is 19.1. The fourth-order valence-electron chi connectivity index (χ4n) is 4.81. The molecule has 0 atom stereocenters. The van der Waals surface area contributed by atoms with E-state index < -0.39 is 0 Å². The molecule has 0 saturated heterocycles. The van der Waals surface area contributed by atoms with Gasteiger partial charge in [-0.3, -0.25) is 9.79 Å². The quantitative estimate of drug-likeness (QED) is 0.0317. The number of benzene rings is 2. The number of hydrogen-bond donors (Lipinski definition) is 2. The highest BCUT2D eigenvalue weighted by Crippen LogP contribution is 2.19. The van der Waals surface area contributed by atoms with Crippen molar-refractivity contribution in [1.82, 2.24) is 10.6 Å². The Morgan fingerprint density at radius 2 is 1.49 bits per heavy atom. The van der Waals surface area contributed by atoms with Gasteiger partial charge >= 0.3 is 0 Å². The number of aliphatic imine (C=N–C) groups is 1. The van der Waals surface area contributed by atoms with Crippen LogP contribution in [-0.2, 0) is 11.3 Å². The Morgan fingerprint density at radius 1 is 0.843 bits per heavy atom. The summed E-state index contributed by atoms with van der Waals surface area (Å²) in [7, 11) is 3.61. The second-order valence-corrected chi connectivity index (χ2v) is 14.6. The van der Waals surface area contributed by atoms with Gasteiger partial charge in [0.1, 0.15) is 12.3 Å². The standard InChI is InChI=1S/C43H54N4O2S2/c1-5-9-38(16-17-39-14-12-36(3)13-15-39)24-28-44-27-7-11-43(48)46-30-35-51-50-34-29-45-37(4)10-8-31-47-32-25-41(26-33-47)19-18-40-20-22-42(23-21-40)49-6-2/h5,9,12-26,28,32-33,45H,4,6-8,10-11,27,29-31,34-35H2,1-3H3/p+1/b9-5-,17-16+,19-18+,38-24+,44-28?. The second-order valence-electron chi connectivity index (χ2n) is 11.9. The number of hydrogen-bond acceptors (Lipinski definition) is 6. The highest BCUT2D eigenvalue weighted by atomic mass is 33.1. The summed E-state index contributed by atoms with van der Waals surface area (Å²) in [6, 6.07) is 20.9. The molecule has 0 unspecified atom stereocenters. The molecule has 51 heavy (non-hydrogen) atoms. The molecule has 2 aromatic carbocycles. The van der Waals surface area contributed by atoms with Gasteiger partial charge in [0.2, 0.25) is 5.91 Å². The number of aryl methyl sites for hydroxylation is 2. The first-order chi connectivity index (χ1) is 24.9. The van der Waals surface area contributed by atoms with Gasteiger partial charge in [-0.15, -0.1) is 0 Å². The fraction of sp³-hybridized carbons (Fsp3) is 0.326. The number of rotatable bonds is 24. The van der Waals surface area contributed by atoms with Crippen LogP contribution in [0.25, 0.3) is 18.2 Å². The average Bonchev–Trinajstić information content (AvgIpc) is 3.14. The van der Waals surface area contributed by atoms with Gasteiger partial charge in [-0.1, -0.05) is 107 Å². The Balaban J connectivity index is 1.15. The third-order valence-corrected chi connectivity index (χ3v) is 10.00. The van der Waals surface area contributed by atoms with Crippen LogP contribution in [0.15, 0.2) is 120 Å². The van der Waals surface area contributed by atoms with E-state index in [0.717, 1.165) is 66.4 Å². The van der Waals surface area contributed by atoms with Gasteiger partial charge < -0.3 is 15.4 Å². The highest BCUT2D eigenvalue weighted by Gasteiger charge is 2.03. The third-order valence-electron chi connectivity index (χ3n) is 7.59. The molecule has 0 spiro atoms. The highest BCUT2D eigenvalue weighted by molar-refractivity contribution is 8.76. The Hall–Kier alpha value is -4.27. The van der Waals surface area contributed by atoms with Crippen LogP contribution in [-0.4, -0.2) is 49.9 Å². The van der Waals surface area contributed by atoms with Crippen molar-refractivity contribution < 1.29 is 14.1 Å². The lowest BCUT2D eigenvalue weighted by Gasteiger charge is -2.08. The molecule has 1 aromatic heterocycles. The van der Waals surface area contributed by atoms with Gasteiger partial charge in [-0.25, -0.2) is 4.57 Å². The first-order valence-electron chi connectivity index (χ1n) is 17.9. The number of carbonyl (C=O) groups is 1. The molecule has 1 heterocycles. The van der Waals surface area contributed by atoms with Gasteiger partial charge in [0.25, 0.3) is 0 Å². The van der Waals surface area contributed by atoms with E-state index in [2.05, 4.69) is 125 Å². The number of nitrogens with one attached hydrogen (secondary N) is 2. The van der Waals surface area contributed by atoms with Gasteiger partial charge in [-0.2, -0.15) is 0 Å². The van der Waals surface area contributed by atoms with E-state index in [-0.39, 0.29) is 5.91 Å². The summed E-state index contributed by atoms with van der Waals surface area (Å²) in [6.45, 7) is 14.1. The van der Waals surface area contributed by atoms with Crippen molar-refractivity contribution in [2.45, 2.75) is 53.0 Å². The number of allylic oxidation sites excluding steroid dienone is 6. The van der Waals surface area contributed by atoms with E-state index in [1.165, 1.54) is 16.7 Å². The molecule has 0 bridgehead atoms. The SMILES string of the molecule is C=C(CCC[n+]1ccc(/C=C/c2ccc(OCC)cc2)cc1)NCCSSCCNC(=O)CCCN=C/C=C(\C=C/C)/C=C/c1ccc(C)cc1. The Bertz CT molecular complexity index is 1590. The smallest absolute Gasteiger partial charge is 0.220 e. The summed E-state index contributed by atoms with van der Waals surface area (Å²) >= 11 is 0. The van der Waals surface area contributed by atoms with Crippen molar-refractivity contribution in [3.63, 3.8) is 0 Å². The van der Waals surface area contributed by atoms with Crippen molar-refractivity contribution in [2.75, 3.05) is 37.7 Å². The maximum atomic E-state index is 12.2. The molecule has 0 fully saturated rings. The Morgan fingerprint density at radius 3 is 2.18 bits per heavy atom. The van der Waals surface area contributed by atoms with Crippen LogP contribution >= 0.6 is 21.6 Å². The Labute approximate surface area is 314 Å². The molecule has 1 amide bonds. The van der Waals surface area contributed by atoms with Crippen molar-refractivity contribution in [3.8, 4) is 5.75 Å². The predicted octanol–water partition coefficient (Wildman–Crippen LogP) is 9.30. The van der Waals surface area contributed by atoms with Gasteiger partial charge in [0, 0.05) is 68.0 Å². The molecule has 3 rings (SSSR count). The fourth-order valence-corrected chi connectivity index (χ4v) is 6.62. The molecule has 6 nitrogen and oxygen atoms in total. The molecule has 0 saturated carbocycles. The van der Waals surface area contributed by atoms with Gasteiger partial charge in [0.05, 0.1) is 6.61 Å². The normalized spacial score (nSPS) is 12.0. The molecule has 0 aliphatic carbocycles. The Kier molecular flexibility index (Phi) is 20.7. The van der Waals surface area contributed by atoms with Gasteiger partial charge in [0.15, 0.2) is 12.4 Å². The predicted molar refractivity (Wildman–Crippen MR) is 223 cm³/mol. The largest absolute Gasteiger partial charge is 0.494 e. The molecule has 0 aliphatic heterocycles. The van der Waals surface area contributed by atoms with Crippen LogP contribution in [0.1, 0.15) is 61.8 Å². The lowest BCUT2D eigenvalue weighted by atomic mass is 10.1. The van der Waals surface area contributed by atoms with E-state index in [4.69, 9.17) is 4.74 Å². The minimum Gasteiger partial charge on any atom is -0.494 e. The molecule has 0 radical (unpaired) electrons. The van der Waals surface area contributed by atoms with Crippen LogP contribution in [0.2, 0.25) is 0 Å². The van der Waals surface area contributed by atoms with Crippen LogP contribution in [0.5, 0.6) is 5.75 Å². The summed E-state index contributed by atoms with van der Waals surface area (Å²) in [4.78, 5) is 16.6. The molecule has 8 heteroatoms.